The highest BCUT2D eigenvalue weighted by Gasteiger charge is 2.16. The average Bonchev–Trinajstić information content (AvgIpc) is 2.45. The van der Waals surface area contributed by atoms with Crippen LogP contribution in [0.3, 0.4) is 0 Å². The molecule has 0 spiro atoms. The van der Waals surface area contributed by atoms with Crippen molar-refractivity contribution < 1.29 is 4.79 Å². The Labute approximate surface area is 88.2 Å². The number of aryl methyl sites for hydroxylation is 1. The standard InChI is InChI=1S/C9H14ClN3O/c1-4-13-8(7(10)5-11-13)9(14)12-6(2)3/h5-6H,4H2,1-3H3,(H,12,14). The molecule has 0 aliphatic heterocycles. The zero-order valence-corrected chi connectivity index (χ0v) is 9.30. The number of carbonyl (C=O) groups excluding carboxylic acids is 1. The molecule has 5 heteroatoms. The molecule has 1 rings (SSSR count). The van der Waals surface area contributed by atoms with Crippen LogP contribution in [0, 0.1) is 0 Å². The van der Waals surface area contributed by atoms with Gasteiger partial charge in [-0.25, -0.2) is 0 Å². The van der Waals surface area contributed by atoms with E-state index in [2.05, 4.69) is 10.4 Å². The van der Waals surface area contributed by atoms with Gasteiger partial charge in [-0.15, -0.1) is 0 Å². The smallest absolute Gasteiger partial charge is 0.271 e. The lowest BCUT2D eigenvalue weighted by Crippen LogP contribution is -2.32. The number of amides is 1. The molecule has 1 aromatic heterocycles. The number of hydrogen-bond donors (Lipinski definition) is 1. The molecule has 0 unspecified atom stereocenters. The summed E-state index contributed by atoms with van der Waals surface area (Å²) in [5, 5.41) is 7.16. The van der Waals surface area contributed by atoms with Crippen LogP contribution in [-0.2, 0) is 6.54 Å². The van der Waals surface area contributed by atoms with Crippen LogP contribution in [-0.4, -0.2) is 21.7 Å². The number of carbonyl (C=O) groups is 1. The van der Waals surface area contributed by atoms with Gasteiger partial charge in [0.1, 0.15) is 5.69 Å². The maximum absolute atomic E-state index is 11.7. The van der Waals surface area contributed by atoms with Gasteiger partial charge in [0.25, 0.3) is 5.91 Å². The highest BCUT2D eigenvalue weighted by molar-refractivity contribution is 6.33. The monoisotopic (exact) mass is 215 g/mol. The van der Waals surface area contributed by atoms with Crippen molar-refractivity contribution in [1.82, 2.24) is 15.1 Å². The van der Waals surface area contributed by atoms with Gasteiger partial charge in [-0.1, -0.05) is 11.6 Å². The summed E-state index contributed by atoms with van der Waals surface area (Å²) in [5.74, 6) is -0.177. The Bertz CT molecular complexity index is 333. The van der Waals surface area contributed by atoms with Crippen molar-refractivity contribution in [3.05, 3.63) is 16.9 Å². The lowest BCUT2D eigenvalue weighted by Gasteiger charge is -2.09. The Morgan fingerprint density at radius 1 is 1.71 bits per heavy atom. The maximum Gasteiger partial charge on any atom is 0.271 e. The van der Waals surface area contributed by atoms with Gasteiger partial charge in [0.15, 0.2) is 0 Å². The third-order valence-corrected chi connectivity index (χ3v) is 2.01. The highest BCUT2D eigenvalue weighted by Crippen LogP contribution is 2.14. The largest absolute Gasteiger partial charge is 0.348 e. The zero-order valence-electron chi connectivity index (χ0n) is 8.54. The number of nitrogens with zero attached hydrogens (tertiary/aromatic N) is 2. The molecule has 14 heavy (non-hydrogen) atoms. The molecule has 0 saturated carbocycles. The second kappa shape index (κ2) is 4.46. The molecule has 1 heterocycles. The average molecular weight is 216 g/mol. The molecule has 1 N–H and O–H groups in total. The maximum atomic E-state index is 11.7. The van der Waals surface area contributed by atoms with E-state index in [1.807, 2.05) is 20.8 Å². The summed E-state index contributed by atoms with van der Waals surface area (Å²) in [4.78, 5) is 11.7. The summed E-state index contributed by atoms with van der Waals surface area (Å²) in [5.41, 5.74) is 0.433. The van der Waals surface area contributed by atoms with Crippen LogP contribution in [0.2, 0.25) is 5.02 Å². The van der Waals surface area contributed by atoms with Gasteiger partial charge in [-0.05, 0) is 20.8 Å². The molecular formula is C9H14ClN3O. The van der Waals surface area contributed by atoms with Crippen molar-refractivity contribution in [2.45, 2.75) is 33.4 Å². The van der Waals surface area contributed by atoms with E-state index in [0.29, 0.717) is 17.3 Å². The van der Waals surface area contributed by atoms with E-state index >= 15 is 0 Å². The van der Waals surface area contributed by atoms with E-state index in [4.69, 9.17) is 11.6 Å². The molecule has 0 aromatic carbocycles. The Hall–Kier alpha value is -1.03. The molecule has 1 amide bonds. The molecule has 0 saturated heterocycles. The number of rotatable bonds is 3. The fraction of sp³-hybridized carbons (Fsp3) is 0.556. The van der Waals surface area contributed by atoms with Crippen LogP contribution in [0.1, 0.15) is 31.3 Å². The van der Waals surface area contributed by atoms with E-state index < -0.39 is 0 Å². The second-order valence-corrected chi connectivity index (χ2v) is 3.69. The molecule has 0 radical (unpaired) electrons. The summed E-state index contributed by atoms with van der Waals surface area (Å²) in [7, 11) is 0. The Balaban J connectivity index is 2.93. The predicted octanol–water partition coefficient (Wildman–Crippen LogP) is 1.69. The number of aromatic nitrogens is 2. The van der Waals surface area contributed by atoms with Crippen molar-refractivity contribution in [3.63, 3.8) is 0 Å². The summed E-state index contributed by atoms with van der Waals surface area (Å²) < 4.78 is 1.58. The topological polar surface area (TPSA) is 46.9 Å². The van der Waals surface area contributed by atoms with Gasteiger partial charge < -0.3 is 5.32 Å². The van der Waals surface area contributed by atoms with Crippen molar-refractivity contribution in [2.75, 3.05) is 0 Å². The van der Waals surface area contributed by atoms with E-state index in [1.54, 1.807) is 4.68 Å². The Kier molecular flexibility index (Phi) is 3.52. The van der Waals surface area contributed by atoms with Gasteiger partial charge in [-0.2, -0.15) is 5.10 Å². The van der Waals surface area contributed by atoms with Gasteiger partial charge in [-0.3, -0.25) is 9.48 Å². The van der Waals surface area contributed by atoms with Crippen LogP contribution < -0.4 is 5.32 Å². The van der Waals surface area contributed by atoms with Crippen LogP contribution in [0.4, 0.5) is 0 Å². The van der Waals surface area contributed by atoms with Gasteiger partial charge in [0.05, 0.1) is 11.2 Å². The lowest BCUT2D eigenvalue weighted by atomic mass is 10.3. The van der Waals surface area contributed by atoms with E-state index in [9.17, 15) is 4.79 Å². The highest BCUT2D eigenvalue weighted by atomic mass is 35.5. The van der Waals surface area contributed by atoms with Crippen LogP contribution in [0.5, 0.6) is 0 Å². The Morgan fingerprint density at radius 3 is 2.86 bits per heavy atom. The minimum atomic E-state index is -0.177. The van der Waals surface area contributed by atoms with E-state index in [0.717, 1.165) is 0 Å². The molecule has 0 aliphatic carbocycles. The first kappa shape index (κ1) is 11.0. The quantitative estimate of drug-likeness (QED) is 0.834. The number of nitrogens with one attached hydrogen (secondary N) is 1. The van der Waals surface area contributed by atoms with Crippen LogP contribution in [0.25, 0.3) is 0 Å². The van der Waals surface area contributed by atoms with Crippen molar-refractivity contribution in [2.24, 2.45) is 0 Å². The van der Waals surface area contributed by atoms with E-state index in [1.165, 1.54) is 6.20 Å². The lowest BCUT2D eigenvalue weighted by molar-refractivity contribution is 0.0932. The zero-order chi connectivity index (χ0) is 10.7. The molecule has 4 nitrogen and oxygen atoms in total. The third-order valence-electron chi connectivity index (χ3n) is 1.73. The minimum Gasteiger partial charge on any atom is -0.348 e. The summed E-state index contributed by atoms with van der Waals surface area (Å²) in [6.45, 7) is 6.35. The predicted molar refractivity (Wildman–Crippen MR) is 55.5 cm³/mol. The van der Waals surface area contributed by atoms with Crippen molar-refractivity contribution in [3.8, 4) is 0 Å². The summed E-state index contributed by atoms with van der Waals surface area (Å²) in [6, 6.07) is 0.0961. The molecular weight excluding hydrogens is 202 g/mol. The molecule has 1 aromatic rings. The third kappa shape index (κ3) is 2.26. The SMILES string of the molecule is CCn1ncc(Cl)c1C(=O)NC(C)C. The van der Waals surface area contributed by atoms with Crippen molar-refractivity contribution in [1.29, 1.82) is 0 Å². The first-order valence-corrected chi connectivity index (χ1v) is 4.96. The Morgan fingerprint density at radius 2 is 2.36 bits per heavy atom. The fourth-order valence-electron chi connectivity index (χ4n) is 1.16. The second-order valence-electron chi connectivity index (χ2n) is 3.29. The molecule has 78 valence electrons. The molecule has 0 atom stereocenters. The number of hydrogen-bond acceptors (Lipinski definition) is 2. The van der Waals surface area contributed by atoms with Crippen LogP contribution in [0.15, 0.2) is 6.20 Å². The van der Waals surface area contributed by atoms with Crippen LogP contribution >= 0.6 is 11.6 Å². The number of halogens is 1. The van der Waals surface area contributed by atoms with E-state index in [-0.39, 0.29) is 11.9 Å². The van der Waals surface area contributed by atoms with Gasteiger partial charge >= 0.3 is 0 Å². The van der Waals surface area contributed by atoms with Gasteiger partial charge in [0.2, 0.25) is 0 Å². The minimum absolute atomic E-state index is 0.0961. The molecule has 0 bridgehead atoms. The molecule has 0 aliphatic rings. The van der Waals surface area contributed by atoms with Gasteiger partial charge in [0, 0.05) is 12.6 Å². The first-order chi connectivity index (χ1) is 6.56. The fourth-order valence-corrected chi connectivity index (χ4v) is 1.39. The molecule has 0 fully saturated rings. The van der Waals surface area contributed by atoms with Crippen molar-refractivity contribution >= 4 is 17.5 Å². The summed E-state index contributed by atoms with van der Waals surface area (Å²) in [6.07, 6.45) is 1.49. The summed E-state index contributed by atoms with van der Waals surface area (Å²) >= 11 is 5.86. The normalized spacial score (nSPS) is 10.6. The first-order valence-electron chi connectivity index (χ1n) is 4.58.